The number of anilines is 2. The van der Waals surface area contributed by atoms with Gasteiger partial charge in [0.2, 0.25) is 0 Å². The van der Waals surface area contributed by atoms with Crippen LogP contribution in [0.3, 0.4) is 0 Å². The van der Waals surface area contributed by atoms with Crippen molar-refractivity contribution in [2.24, 2.45) is 0 Å². The number of ether oxygens (including phenoxy) is 1. The van der Waals surface area contributed by atoms with E-state index in [0.29, 0.717) is 5.75 Å². The molecule has 0 atom stereocenters. The van der Waals surface area contributed by atoms with Crippen molar-refractivity contribution < 1.29 is 36.3 Å². The molecule has 0 bridgehead atoms. The Morgan fingerprint density at radius 1 is 1.11 bits per heavy atom. The maximum absolute atomic E-state index is 13.4. The molecule has 37 heavy (non-hydrogen) atoms. The molecule has 0 aliphatic heterocycles. The number of hydrogen-bond donors (Lipinski definition) is 2. The number of hydrogen-bond acceptors (Lipinski definition) is 8. The summed E-state index contributed by atoms with van der Waals surface area (Å²) in [5.74, 6) is -1.31. The molecule has 2 N–H and O–H groups in total. The first-order valence-electron chi connectivity index (χ1n) is 10.5. The van der Waals surface area contributed by atoms with Crippen molar-refractivity contribution in [3.05, 3.63) is 84.3 Å². The van der Waals surface area contributed by atoms with Gasteiger partial charge in [0.15, 0.2) is 9.84 Å². The number of benzene rings is 2. The molecule has 2 heterocycles. The van der Waals surface area contributed by atoms with Crippen molar-refractivity contribution in [1.82, 2.24) is 15.4 Å². The van der Waals surface area contributed by atoms with E-state index in [9.17, 15) is 26.4 Å². The average Bonchev–Trinajstić information content (AvgIpc) is 2.90. The van der Waals surface area contributed by atoms with Crippen LogP contribution in [0.2, 0.25) is 0 Å². The van der Waals surface area contributed by atoms with Crippen molar-refractivity contribution in [2.45, 2.75) is 11.1 Å². The van der Waals surface area contributed by atoms with Crippen LogP contribution in [0.4, 0.5) is 24.5 Å². The minimum Gasteiger partial charge on any atom is -0.497 e. The monoisotopic (exact) mass is 532 g/mol. The van der Waals surface area contributed by atoms with Gasteiger partial charge in [0.05, 0.1) is 40.7 Å². The van der Waals surface area contributed by atoms with E-state index < -0.39 is 39.1 Å². The summed E-state index contributed by atoms with van der Waals surface area (Å²) in [6.07, 6.45) is -1.86. The zero-order chi connectivity index (χ0) is 26.8. The minimum atomic E-state index is -4.69. The molecular formula is C24H19F3N4O5S. The third kappa shape index (κ3) is 5.47. The Kier molecular flexibility index (Phi) is 7.01. The topological polar surface area (TPSA) is 122 Å². The van der Waals surface area contributed by atoms with E-state index >= 15 is 0 Å². The summed E-state index contributed by atoms with van der Waals surface area (Å²) in [5, 5.41) is 9.25. The fourth-order valence-electron chi connectivity index (χ4n) is 3.61. The van der Waals surface area contributed by atoms with Gasteiger partial charge < -0.3 is 9.64 Å². The Balaban J connectivity index is 1.93. The summed E-state index contributed by atoms with van der Waals surface area (Å²) in [7, 11) is -2.59. The Morgan fingerprint density at radius 2 is 1.84 bits per heavy atom. The predicted molar refractivity (Wildman–Crippen MR) is 127 cm³/mol. The molecule has 192 valence electrons. The first-order chi connectivity index (χ1) is 17.5. The normalized spacial score (nSPS) is 11.8. The number of sulfone groups is 1. The fourth-order valence-corrected chi connectivity index (χ4v) is 4.94. The van der Waals surface area contributed by atoms with Crippen LogP contribution in [0, 0.1) is 0 Å². The molecule has 9 nitrogen and oxygen atoms in total. The molecule has 0 radical (unpaired) electrons. The molecule has 0 unspecified atom stereocenters. The Hall–Kier alpha value is -4.23. The number of halogens is 3. The van der Waals surface area contributed by atoms with Gasteiger partial charge in [-0.05, 0) is 54.6 Å². The first kappa shape index (κ1) is 25.9. The highest BCUT2D eigenvalue weighted by Crippen LogP contribution is 2.37. The largest absolute Gasteiger partial charge is 0.497 e. The van der Waals surface area contributed by atoms with E-state index in [1.807, 2.05) is 0 Å². The van der Waals surface area contributed by atoms with Gasteiger partial charge in [0, 0.05) is 11.6 Å². The second-order valence-electron chi connectivity index (χ2n) is 7.76. The van der Waals surface area contributed by atoms with Gasteiger partial charge >= 0.3 is 6.18 Å². The van der Waals surface area contributed by atoms with Crippen LogP contribution in [-0.2, 0) is 16.0 Å². The van der Waals surface area contributed by atoms with Gasteiger partial charge in [-0.2, -0.15) is 13.2 Å². The predicted octanol–water partition coefficient (Wildman–Crippen LogP) is 4.35. The van der Waals surface area contributed by atoms with Crippen molar-refractivity contribution >= 4 is 38.0 Å². The molecule has 0 spiro atoms. The lowest BCUT2D eigenvalue weighted by Crippen LogP contribution is -2.27. The van der Waals surface area contributed by atoms with E-state index in [1.54, 1.807) is 12.1 Å². The van der Waals surface area contributed by atoms with E-state index in [2.05, 4.69) is 9.97 Å². The molecule has 4 aromatic rings. The molecule has 2 aromatic heterocycles. The molecule has 0 saturated carbocycles. The number of aromatic nitrogens is 2. The highest BCUT2D eigenvalue weighted by Gasteiger charge is 2.31. The minimum absolute atomic E-state index is 0.0340. The maximum Gasteiger partial charge on any atom is 0.416 e. The van der Waals surface area contributed by atoms with Gasteiger partial charge in [0.1, 0.15) is 17.3 Å². The summed E-state index contributed by atoms with van der Waals surface area (Å²) in [6, 6.07) is 12.7. The maximum atomic E-state index is 13.4. The SMILES string of the molecule is COc1ccc(S(=O)(=O)CN(c2cccnc2)c2cc(C(=O)NO)nc3cc(C(F)(F)F)ccc23)cc1. The van der Waals surface area contributed by atoms with Crippen LogP contribution < -0.4 is 15.1 Å². The second kappa shape index (κ2) is 10.0. The molecule has 4 rings (SSSR count). The number of alkyl halides is 3. The van der Waals surface area contributed by atoms with Gasteiger partial charge in [0.25, 0.3) is 5.91 Å². The molecule has 0 fully saturated rings. The van der Waals surface area contributed by atoms with Gasteiger partial charge in [-0.3, -0.25) is 15.0 Å². The van der Waals surface area contributed by atoms with Crippen molar-refractivity contribution in [3.8, 4) is 5.75 Å². The summed E-state index contributed by atoms with van der Waals surface area (Å²) in [6.45, 7) is 0. The van der Waals surface area contributed by atoms with Crippen LogP contribution in [0.25, 0.3) is 10.9 Å². The standard InChI is InChI=1S/C24H19F3N4O5S/c1-36-17-5-7-18(8-6-17)37(34,35)14-31(16-3-2-10-28-13-16)22-12-21(23(32)30-33)29-20-11-15(24(25,26)27)4-9-19(20)22/h2-13,33H,14H2,1H3,(H,30,32). The summed E-state index contributed by atoms with van der Waals surface area (Å²) < 4.78 is 72.0. The Morgan fingerprint density at radius 3 is 2.43 bits per heavy atom. The molecule has 2 aromatic carbocycles. The van der Waals surface area contributed by atoms with Crippen molar-refractivity contribution in [2.75, 3.05) is 17.9 Å². The lowest BCUT2D eigenvalue weighted by atomic mass is 10.1. The average molecular weight is 533 g/mol. The summed E-state index contributed by atoms with van der Waals surface area (Å²) in [5.41, 5.74) is 0.0547. The van der Waals surface area contributed by atoms with Crippen molar-refractivity contribution in [1.29, 1.82) is 0 Å². The van der Waals surface area contributed by atoms with Crippen LogP contribution in [0.1, 0.15) is 16.1 Å². The van der Waals surface area contributed by atoms with E-state index in [1.165, 1.54) is 60.2 Å². The number of hydroxylamine groups is 1. The number of nitrogens with one attached hydrogen (secondary N) is 1. The van der Waals surface area contributed by atoms with E-state index in [4.69, 9.17) is 9.94 Å². The van der Waals surface area contributed by atoms with Crippen LogP contribution >= 0.6 is 0 Å². The number of carbonyl (C=O) groups is 1. The number of fused-ring (bicyclic) bond motifs is 1. The molecule has 0 aliphatic rings. The van der Waals surface area contributed by atoms with Crippen LogP contribution in [-0.4, -0.2) is 42.5 Å². The number of amides is 1. The smallest absolute Gasteiger partial charge is 0.416 e. The molecule has 13 heteroatoms. The zero-order valence-electron chi connectivity index (χ0n) is 19.1. The Bertz CT molecular complexity index is 1550. The summed E-state index contributed by atoms with van der Waals surface area (Å²) in [4.78, 5) is 21.4. The van der Waals surface area contributed by atoms with Crippen LogP contribution in [0.5, 0.6) is 5.75 Å². The van der Waals surface area contributed by atoms with Crippen molar-refractivity contribution in [3.63, 3.8) is 0 Å². The molecular weight excluding hydrogens is 513 g/mol. The zero-order valence-corrected chi connectivity index (χ0v) is 19.9. The highest BCUT2D eigenvalue weighted by molar-refractivity contribution is 7.91. The fraction of sp³-hybridized carbons (Fsp3) is 0.125. The lowest BCUT2D eigenvalue weighted by Gasteiger charge is -2.26. The Labute approximate surface area is 209 Å². The number of carbonyl (C=O) groups excluding carboxylic acids is 1. The molecule has 0 aliphatic carbocycles. The lowest BCUT2D eigenvalue weighted by molar-refractivity contribution is -0.137. The third-order valence-corrected chi connectivity index (χ3v) is 7.00. The quantitative estimate of drug-likeness (QED) is 0.266. The molecule has 1 amide bonds. The highest BCUT2D eigenvalue weighted by atomic mass is 32.2. The number of rotatable bonds is 7. The van der Waals surface area contributed by atoms with Gasteiger partial charge in [-0.1, -0.05) is 6.07 Å². The number of nitrogens with zero attached hydrogens (tertiary/aromatic N) is 3. The van der Waals surface area contributed by atoms with Gasteiger partial charge in [-0.25, -0.2) is 18.9 Å². The van der Waals surface area contributed by atoms with E-state index in [-0.39, 0.29) is 27.2 Å². The van der Waals surface area contributed by atoms with E-state index in [0.717, 1.165) is 18.2 Å². The number of methoxy groups -OCH3 is 1. The van der Waals surface area contributed by atoms with Gasteiger partial charge in [-0.15, -0.1) is 0 Å². The number of pyridine rings is 2. The van der Waals surface area contributed by atoms with Crippen LogP contribution in [0.15, 0.2) is 78.0 Å². The summed E-state index contributed by atoms with van der Waals surface area (Å²) >= 11 is 0. The first-order valence-corrected chi connectivity index (χ1v) is 12.2. The third-order valence-electron chi connectivity index (χ3n) is 5.42. The second-order valence-corrected chi connectivity index (χ2v) is 9.71. The molecule has 0 saturated heterocycles.